The fraction of sp³-hybridized carbons (Fsp3) is 1.00. The zero-order chi connectivity index (χ0) is 7.98. The fourth-order valence-electron chi connectivity index (χ4n) is 0.538. The van der Waals surface area contributed by atoms with Gasteiger partial charge in [-0.15, -0.1) is 0 Å². The van der Waals surface area contributed by atoms with E-state index in [-0.39, 0.29) is 13.2 Å². The van der Waals surface area contributed by atoms with Gasteiger partial charge < -0.3 is 10.4 Å². The predicted molar refractivity (Wildman–Crippen MR) is 42.8 cm³/mol. The molecule has 0 aliphatic heterocycles. The van der Waals surface area contributed by atoms with Gasteiger partial charge in [0.2, 0.25) is 0 Å². The third-order valence-corrected chi connectivity index (χ3v) is 1.50. The molecule has 0 heterocycles. The molecule has 0 saturated heterocycles. The molecule has 60 valence electrons. The van der Waals surface area contributed by atoms with Crippen molar-refractivity contribution in [1.29, 1.82) is 0 Å². The molecule has 0 aromatic carbocycles. The Hall–Kier alpha value is -0.0851. The highest BCUT2D eigenvalue weighted by molar-refractivity contribution is 6.08. The third kappa shape index (κ3) is 4.76. The summed E-state index contributed by atoms with van der Waals surface area (Å²) in [6.07, 6.45) is -0.132. The van der Waals surface area contributed by atoms with E-state index < -0.39 is 6.17 Å². The van der Waals surface area contributed by atoms with Crippen molar-refractivity contribution in [2.75, 3.05) is 13.2 Å². The Morgan fingerprint density at radius 1 is 1.70 bits per heavy atom. The van der Waals surface area contributed by atoms with Gasteiger partial charge in [0.1, 0.15) is 14.0 Å². The molecular formula is C6H15BFNO. The lowest BCUT2D eigenvalue weighted by molar-refractivity contribution is 0.173. The number of halogens is 1. The molecular weight excluding hydrogens is 132 g/mol. The summed E-state index contributed by atoms with van der Waals surface area (Å²) >= 11 is 0. The van der Waals surface area contributed by atoms with Crippen molar-refractivity contribution in [1.82, 2.24) is 5.32 Å². The van der Waals surface area contributed by atoms with Crippen LogP contribution < -0.4 is 5.32 Å². The molecule has 2 unspecified atom stereocenters. The first-order valence-corrected chi connectivity index (χ1v) is 3.69. The highest BCUT2D eigenvalue weighted by atomic mass is 19.1. The summed E-state index contributed by atoms with van der Waals surface area (Å²) in [7, 11) is 2.03. The van der Waals surface area contributed by atoms with Crippen molar-refractivity contribution >= 4 is 7.85 Å². The molecule has 0 aliphatic carbocycles. The van der Waals surface area contributed by atoms with E-state index in [1.807, 2.05) is 14.8 Å². The standard InChI is InChI=1S/C6H15BFNO/c1-5(2-7)9-3-6(8)4-10/h5-6,9-10H,2-4,7H2,1H3. The van der Waals surface area contributed by atoms with E-state index in [1.54, 1.807) is 0 Å². The maximum absolute atomic E-state index is 12.3. The number of hydrogen-bond donors (Lipinski definition) is 2. The Bertz CT molecular complexity index is 74.1. The number of aliphatic hydroxyl groups excluding tert-OH is 1. The first-order valence-electron chi connectivity index (χ1n) is 3.69. The normalized spacial score (nSPS) is 16.7. The molecule has 0 rings (SSSR count). The molecule has 0 spiro atoms. The van der Waals surface area contributed by atoms with Crippen molar-refractivity contribution in [3.63, 3.8) is 0 Å². The minimum atomic E-state index is -1.12. The summed E-state index contributed by atoms with van der Waals surface area (Å²) < 4.78 is 12.3. The van der Waals surface area contributed by atoms with E-state index in [0.29, 0.717) is 6.04 Å². The molecule has 10 heavy (non-hydrogen) atoms. The quantitative estimate of drug-likeness (QED) is 0.506. The van der Waals surface area contributed by atoms with E-state index in [2.05, 4.69) is 5.32 Å². The molecule has 0 radical (unpaired) electrons. The summed E-state index contributed by atoms with van der Waals surface area (Å²) in [5.41, 5.74) is 0. The maximum atomic E-state index is 12.3. The predicted octanol–water partition coefficient (Wildman–Crippen LogP) is -0.654. The van der Waals surface area contributed by atoms with E-state index in [9.17, 15) is 4.39 Å². The second-order valence-corrected chi connectivity index (χ2v) is 2.50. The molecule has 2 nitrogen and oxygen atoms in total. The number of aliphatic hydroxyl groups is 1. The lowest BCUT2D eigenvalue weighted by atomic mass is 9.99. The van der Waals surface area contributed by atoms with Crippen molar-refractivity contribution < 1.29 is 9.50 Å². The Balaban J connectivity index is 3.17. The zero-order valence-electron chi connectivity index (χ0n) is 6.60. The largest absolute Gasteiger partial charge is 0.393 e. The van der Waals surface area contributed by atoms with Crippen LogP contribution in [0.2, 0.25) is 6.32 Å². The fourth-order valence-corrected chi connectivity index (χ4v) is 0.538. The van der Waals surface area contributed by atoms with Gasteiger partial charge in [-0.2, -0.15) is 0 Å². The molecule has 0 aliphatic rings. The van der Waals surface area contributed by atoms with Crippen LogP contribution in [0.5, 0.6) is 0 Å². The van der Waals surface area contributed by atoms with Gasteiger partial charge in [-0.25, -0.2) is 4.39 Å². The van der Waals surface area contributed by atoms with Crippen LogP contribution in [-0.4, -0.2) is 38.3 Å². The van der Waals surface area contributed by atoms with E-state index in [1.165, 1.54) is 0 Å². The summed E-state index contributed by atoms with van der Waals surface area (Å²) in [6.45, 7) is 1.86. The monoisotopic (exact) mass is 147 g/mol. The van der Waals surface area contributed by atoms with Crippen LogP contribution in [0.1, 0.15) is 6.92 Å². The zero-order valence-corrected chi connectivity index (χ0v) is 6.60. The Labute approximate surface area is 62.2 Å². The minimum absolute atomic E-state index is 0.255. The topological polar surface area (TPSA) is 32.3 Å². The molecule has 4 heteroatoms. The minimum Gasteiger partial charge on any atom is -0.393 e. The van der Waals surface area contributed by atoms with Crippen molar-refractivity contribution in [3.05, 3.63) is 0 Å². The first-order chi connectivity index (χ1) is 4.70. The van der Waals surface area contributed by atoms with Gasteiger partial charge in [-0.1, -0.05) is 13.2 Å². The summed E-state index contributed by atoms with van der Waals surface area (Å²) in [5, 5.41) is 11.3. The van der Waals surface area contributed by atoms with Gasteiger partial charge in [0, 0.05) is 6.54 Å². The van der Waals surface area contributed by atoms with Crippen LogP contribution in [0.25, 0.3) is 0 Å². The lowest BCUT2D eigenvalue weighted by Crippen LogP contribution is -2.33. The number of rotatable bonds is 5. The average Bonchev–Trinajstić information content (AvgIpc) is 1.99. The van der Waals surface area contributed by atoms with Crippen LogP contribution >= 0.6 is 0 Å². The average molecular weight is 147 g/mol. The number of hydrogen-bond acceptors (Lipinski definition) is 2. The van der Waals surface area contributed by atoms with Gasteiger partial charge in [0.25, 0.3) is 0 Å². The Morgan fingerprint density at radius 3 is 2.70 bits per heavy atom. The van der Waals surface area contributed by atoms with Crippen LogP contribution in [0.4, 0.5) is 4.39 Å². The smallest absolute Gasteiger partial charge is 0.135 e. The Morgan fingerprint density at radius 2 is 2.30 bits per heavy atom. The Kier molecular flexibility index (Phi) is 5.63. The number of nitrogens with one attached hydrogen (secondary N) is 1. The van der Waals surface area contributed by atoms with Gasteiger partial charge in [0.15, 0.2) is 0 Å². The van der Waals surface area contributed by atoms with Gasteiger partial charge in [0.05, 0.1) is 6.61 Å². The van der Waals surface area contributed by atoms with Crippen LogP contribution in [0.15, 0.2) is 0 Å². The molecule has 0 saturated carbocycles. The second-order valence-electron chi connectivity index (χ2n) is 2.50. The van der Waals surface area contributed by atoms with Crippen molar-refractivity contribution in [3.8, 4) is 0 Å². The van der Waals surface area contributed by atoms with Gasteiger partial charge >= 0.3 is 0 Å². The highest BCUT2D eigenvalue weighted by Crippen LogP contribution is 1.89. The molecule has 2 N–H and O–H groups in total. The molecule has 0 aromatic heterocycles. The highest BCUT2D eigenvalue weighted by Gasteiger charge is 2.04. The van der Waals surface area contributed by atoms with Crippen LogP contribution in [0.3, 0.4) is 0 Å². The van der Waals surface area contributed by atoms with Gasteiger partial charge in [-0.05, 0) is 6.04 Å². The molecule has 0 aromatic rings. The summed E-state index contributed by atoms with van der Waals surface area (Å²) in [6, 6.07) is 0.338. The molecule has 0 fully saturated rings. The number of alkyl halides is 1. The SMILES string of the molecule is BCC(C)NCC(F)CO. The van der Waals surface area contributed by atoms with Crippen molar-refractivity contribution in [2.45, 2.75) is 25.5 Å². The lowest BCUT2D eigenvalue weighted by Gasteiger charge is -2.12. The first kappa shape index (κ1) is 9.91. The van der Waals surface area contributed by atoms with Crippen LogP contribution in [0, 0.1) is 0 Å². The van der Waals surface area contributed by atoms with E-state index in [4.69, 9.17) is 5.11 Å². The van der Waals surface area contributed by atoms with E-state index in [0.717, 1.165) is 6.32 Å². The molecule has 0 amide bonds. The van der Waals surface area contributed by atoms with Crippen LogP contribution in [-0.2, 0) is 0 Å². The molecule has 0 bridgehead atoms. The summed E-state index contributed by atoms with van der Waals surface area (Å²) in [5.74, 6) is 0. The third-order valence-electron chi connectivity index (χ3n) is 1.50. The van der Waals surface area contributed by atoms with Gasteiger partial charge in [-0.3, -0.25) is 0 Å². The summed E-state index contributed by atoms with van der Waals surface area (Å²) in [4.78, 5) is 0. The van der Waals surface area contributed by atoms with Crippen molar-refractivity contribution in [2.24, 2.45) is 0 Å². The maximum Gasteiger partial charge on any atom is 0.135 e. The molecule has 2 atom stereocenters. The van der Waals surface area contributed by atoms with E-state index >= 15 is 0 Å². The second kappa shape index (κ2) is 5.68.